The van der Waals surface area contributed by atoms with Gasteiger partial charge in [0, 0.05) is 0 Å². The molecule has 1 aliphatic rings. The Morgan fingerprint density at radius 2 is 2.00 bits per heavy atom. The van der Waals surface area contributed by atoms with E-state index in [2.05, 4.69) is 5.32 Å². The van der Waals surface area contributed by atoms with Crippen LogP contribution in [0.1, 0.15) is 37.2 Å². The predicted molar refractivity (Wildman–Crippen MR) is 69.7 cm³/mol. The molecule has 0 saturated heterocycles. The van der Waals surface area contributed by atoms with Crippen molar-refractivity contribution >= 4 is 11.8 Å². The molecule has 0 amide bonds. The number of thioether (sulfide) groups is 1. The molecule has 18 heavy (non-hydrogen) atoms. The Kier molecular flexibility index (Phi) is 5.50. The van der Waals surface area contributed by atoms with E-state index in [9.17, 15) is 8.78 Å². The second-order valence-electron chi connectivity index (χ2n) is 4.72. The zero-order valence-corrected chi connectivity index (χ0v) is 11.1. The second kappa shape index (κ2) is 7.14. The first-order valence-corrected chi connectivity index (χ1v) is 7.47. The van der Waals surface area contributed by atoms with Crippen LogP contribution in [0.5, 0.6) is 0 Å². The number of furan rings is 1. The third kappa shape index (κ3) is 4.61. The predicted octanol–water partition coefficient (Wildman–Crippen LogP) is 4.02. The monoisotopic (exact) mass is 275 g/mol. The van der Waals surface area contributed by atoms with Crippen molar-refractivity contribution in [1.82, 2.24) is 5.32 Å². The lowest BCUT2D eigenvalue weighted by atomic mass is 10.1. The van der Waals surface area contributed by atoms with E-state index in [0.29, 0.717) is 24.1 Å². The van der Waals surface area contributed by atoms with Gasteiger partial charge < -0.3 is 9.73 Å². The van der Waals surface area contributed by atoms with Crippen LogP contribution >= 0.6 is 11.8 Å². The number of alkyl halides is 2. The van der Waals surface area contributed by atoms with Gasteiger partial charge >= 0.3 is 0 Å². The molecule has 2 rings (SSSR count). The van der Waals surface area contributed by atoms with Crippen LogP contribution in [0.15, 0.2) is 16.5 Å². The van der Waals surface area contributed by atoms with E-state index >= 15 is 0 Å². The molecule has 1 N–H and O–H groups in total. The van der Waals surface area contributed by atoms with E-state index in [1.807, 2.05) is 6.07 Å². The largest absolute Gasteiger partial charge is 0.464 e. The first-order chi connectivity index (χ1) is 8.74. The van der Waals surface area contributed by atoms with Crippen LogP contribution < -0.4 is 5.32 Å². The molecule has 0 unspecified atom stereocenters. The lowest BCUT2D eigenvalue weighted by molar-refractivity contribution is 0.251. The van der Waals surface area contributed by atoms with E-state index in [4.69, 9.17) is 4.42 Å². The lowest BCUT2D eigenvalue weighted by Crippen LogP contribution is -2.20. The maximum atomic E-state index is 12.0. The maximum absolute atomic E-state index is 12.0. The third-order valence-corrected chi connectivity index (χ3v) is 3.98. The zero-order chi connectivity index (χ0) is 12.8. The Labute approximate surface area is 111 Å². The van der Waals surface area contributed by atoms with Gasteiger partial charge in [0.25, 0.3) is 5.76 Å². The zero-order valence-electron chi connectivity index (χ0n) is 10.3. The molecule has 0 aliphatic heterocycles. The van der Waals surface area contributed by atoms with Gasteiger partial charge in [-0.15, -0.1) is 0 Å². The molecule has 1 saturated carbocycles. The van der Waals surface area contributed by atoms with E-state index < -0.39 is 5.76 Å². The summed E-state index contributed by atoms with van der Waals surface area (Å²) in [6.07, 6.45) is 5.34. The average Bonchev–Trinajstić information content (AvgIpc) is 2.97. The summed E-state index contributed by atoms with van der Waals surface area (Å²) in [7, 11) is 0. The molecule has 102 valence electrons. The van der Waals surface area contributed by atoms with Crippen molar-refractivity contribution in [3.63, 3.8) is 0 Å². The van der Waals surface area contributed by atoms with Gasteiger partial charge in [0.1, 0.15) is 11.5 Å². The number of nitrogens with one attached hydrogen (secondary N) is 1. The summed E-state index contributed by atoms with van der Waals surface area (Å²) < 4.78 is 29.5. The highest BCUT2D eigenvalue weighted by Gasteiger charge is 2.14. The van der Waals surface area contributed by atoms with Crippen molar-refractivity contribution in [1.29, 1.82) is 0 Å². The van der Waals surface area contributed by atoms with Crippen molar-refractivity contribution in [3.8, 4) is 0 Å². The Morgan fingerprint density at radius 3 is 2.72 bits per heavy atom. The van der Waals surface area contributed by atoms with Gasteiger partial charge in [-0.05, 0) is 37.4 Å². The fourth-order valence-corrected chi connectivity index (χ4v) is 2.80. The molecule has 0 bridgehead atoms. The SMILES string of the molecule is FC(F)SCc1ccc(CNCC2CCCC2)o1. The van der Waals surface area contributed by atoms with Gasteiger partial charge in [-0.3, -0.25) is 0 Å². The Morgan fingerprint density at radius 1 is 1.28 bits per heavy atom. The fourth-order valence-electron chi connectivity index (χ4n) is 2.35. The molecule has 2 nitrogen and oxygen atoms in total. The molecule has 1 aromatic rings. The topological polar surface area (TPSA) is 25.2 Å². The highest BCUT2D eigenvalue weighted by molar-refractivity contribution is 7.98. The van der Waals surface area contributed by atoms with Crippen molar-refractivity contribution in [3.05, 3.63) is 23.7 Å². The standard InChI is InChI=1S/C13H19F2NOS/c14-13(15)18-9-12-6-5-11(17-12)8-16-7-10-3-1-2-4-10/h5-6,10,13,16H,1-4,7-9H2. The van der Waals surface area contributed by atoms with Crippen LogP contribution in [0.4, 0.5) is 8.78 Å². The molecule has 1 aliphatic carbocycles. The number of halogens is 2. The van der Waals surface area contributed by atoms with Crippen LogP contribution in [-0.2, 0) is 12.3 Å². The van der Waals surface area contributed by atoms with E-state index in [0.717, 1.165) is 18.2 Å². The molecule has 0 spiro atoms. The van der Waals surface area contributed by atoms with Gasteiger partial charge in [-0.1, -0.05) is 24.6 Å². The molecule has 0 radical (unpaired) electrons. The summed E-state index contributed by atoms with van der Waals surface area (Å²) >= 11 is 0.594. The molecular weight excluding hydrogens is 256 g/mol. The molecular formula is C13H19F2NOS. The van der Waals surface area contributed by atoms with Gasteiger partial charge in [0.2, 0.25) is 0 Å². The minimum atomic E-state index is -2.33. The Balaban J connectivity index is 1.66. The van der Waals surface area contributed by atoms with Gasteiger partial charge in [0.05, 0.1) is 12.3 Å². The Bertz CT molecular complexity index is 351. The third-order valence-electron chi connectivity index (χ3n) is 3.28. The van der Waals surface area contributed by atoms with Crippen LogP contribution in [0, 0.1) is 5.92 Å². The minimum Gasteiger partial charge on any atom is -0.464 e. The van der Waals surface area contributed by atoms with Gasteiger partial charge in [0.15, 0.2) is 0 Å². The van der Waals surface area contributed by atoms with Crippen molar-refractivity contribution in [2.24, 2.45) is 5.92 Å². The Hall–Kier alpha value is -0.550. The first-order valence-electron chi connectivity index (χ1n) is 6.42. The highest BCUT2D eigenvalue weighted by Crippen LogP contribution is 2.24. The fraction of sp³-hybridized carbons (Fsp3) is 0.692. The summed E-state index contributed by atoms with van der Waals surface area (Å²) in [6, 6.07) is 3.64. The molecule has 5 heteroatoms. The summed E-state index contributed by atoms with van der Waals surface area (Å²) in [6.45, 7) is 1.72. The second-order valence-corrected chi connectivity index (χ2v) is 5.70. The summed E-state index contributed by atoms with van der Waals surface area (Å²) in [5.74, 6) is 0.156. The number of hydrogen-bond acceptors (Lipinski definition) is 3. The van der Waals surface area contributed by atoms with Crippen molar-refractivity contribution < 1.29 is 13.2 Å². The molecule has 0 aromatic carbocycles. The van der Waals surface area contributed by atoms with Crippen LogP contribution in [0.25, 0.3) is 0 Å². The lowest BCUT2D eigenvalue weighted by Gasteiger charge is -2.08. The molecule has 1 aromatic heterocycles. The van der Waals surface area contributed by atoms with E-state index in [1.54, 1.807) is 6.07 Å². The quantitative estimate of drug-likeness (QED) is 0.813. The average molecular weight is 275 g/mol. The first kappa shape index (κ1) is 13.9. The summed E-state index contributed by atoms with van der Waals surface area (Å²) in [4.78, 5) is 0. The van der Waals surface area contributed by atoms with Crippen LogP contribution in [0.2, 0.25) is 0 Å². The number of hydrogen-bond donors (Lipinski definition) is 1. The van der Waals surface area contributed by atoms with Crippen molar-refractivity contribution in [2.75, 3.05) is 6.54 Å². The van der Waals surface area contributed by atoms with E-state index in [1.165, 1.54) is 25.7 Å². The summed E-state index contributed by atoms with van der Waals surface area (Å²) in [5, 5.41) is 3.37. The van der Waals surface area contributed by atoms with Gasteiger partial charge in [-0.2, -0.15) is 8.78 Å². The van der Waals surface area contributed by atoms with Crippen LogP contribution in [0.3, 0.4) is 0 Å². The molecule has 1 fully saturated rings. The number of rotatable bonds is 7. The summed E-state index contributed by atoms with van der Waals surface area (Å²) in [5.41, 5.74) is 0. The highest BCUT2D eigenvalue weighted by atomic mass is 32.2. The van der Waals surface area contributed by atoms with Crippen molar-refractivity contribution in [2.45, 2.75) is 43.7 Å². The smallest absolute Gasteiger partial charge is 0.284 e. The molecule has 1 heterocycles. The minimum absolute atomic E-state index is 0.236. The van der Waals surface area contributed by atoms with Crippen LogP contribution in [-0.4, -0.2) is 12.3 Å². The van der Waals surface area contributed by atoms with Gasteiger partial charge in [-0.25, -0.2) is 0 Å². The maximum Gasteiger partial charge on any atom is 0.284 e. The molecule has 0 atom stereocenters. The van der Waals surface area contributed by atoms with E-state index in [-0.39, 0.29) is 5.75 Å². The normalized spacial score (nSPS) is 16.8.